The molecule has 0 aliphatic carbocycles. The van der Waals surface area contributed by atoms with Crippen LogP contribution >= 0.6 is 12.2 Å². The first-order valence-corrected chi connectivity index (χ1v) is 11.4. The highest BCUT2D eigenvalue weighted by atomic mass is 32.1. The Bertz CT molecular complexity index is 1290. The number of piperazine rings is 1. The fourth-order valence-corrected chi connectivity index (χ4v) is 4.57. The van der Waals surface area contributed by atoms with Gasteiger partial charge in [0.1, 0.15) is 11.6 Å². The highest BCUT2D eigenvalue weighted by molar-refractivity contribution is 7.71. The molecule has 0 amide bonds. The number of benzene rings is 3. The largest absolute Gasteiger partial charge is 0.506 e. The molecule has 1 aliphatic rings. The molecule has 0 bridgehead atoms. The quantitative estimate of drug-likeness (QED) is 0.447. The van der Waals surface area contributed by atoms with Crippen LogP contribution in [0.5, 0.6) is 5.75 Å². The SMILES string of the molecule is Oc1ccccc1N1CC[NH+](Cn2nc(-c3ccc(F)cc3)n(-c3ccccc3)c2=S)CC1. The van der Waals surface area contributed by atoms with Gasteiger partial charge in [0.05, 0.1) is 31.9 Å². The number of anilines is 1. The van der Waals surface area contributed by atoms with Gasteiger partial charge in [-0.05, 0) is 60.7 Å². The molecule has 1 saturated heterocycles. The molecule has 0 unspecified atom stereocenters. The first-order chi connectivity index (χ1) is 16.1. The standard InChI is InChI=1S/C25H24FN5OS/c26-20-12-10-19(11-13-20)24-27-30(25(33)31(24)21-6-2-1-3-7-21)18-28-14-16-29(17-15-28)22-8-4-5-9-23(22)32/h1-13,32H,14-18H2/p+1. The van der Waals surface area contributed by atoms with Gasteiger partial charge in [0.2, 0.25) is 4.77 Å². The number of nitrogens with zero attached hydrogens (tertiary/aromatic N) is 4. The highest BCUT2D eigenvalue weighted by Crippen LogP contribution is 2.26. The number of phenolic OH excluding ortho intramolecular Hbond substituents is 1. The van der Waals surface area contributed by atoms with Crippen molar-refractivity contribution in [1.29, 1.82) is 0 Å². The predicted octanol–water partition coefficient (Wildman–Crippen LogP) is 3.28. The number of phenols is 1. The number of aromatic hydroxyl groups is 1. The van der Waals surface area contributed by atoms with Gasteiger partial charge in [0, 0.05) is 11.3 Å². The fourth-order valence-electron chi connectivity index (χ4n) is 4.27. The van der Waals surface area contributed by atoms with E-state index in [4.69, 9.17) is 17.3 Å². The summed E-state index contributed by atoms with van der Waals surface area (Å²) in [4.78, 5) is 3.58. The minimum absolute atomic E-state index is 0.283. The Morgan fingerprint density at radius 2 is 1.58 bits per heavy atom. The van der Waals surface area contributed by atoms with Crippen LogP contribution in [0.1, 0.15) is 0 Å². The second-order valence-electron chi connectivity index (χ2n) is 8.17. The summed E-state index contributed by atoms with van der Waals surface area (Å²) in [7, 11) is 0. The van der Waals surface area contributed by atoms with E-state index in [1.807, 2.05) is 57.8 Å². The van der Waals surface area contributed by atoms with E-state index >= 15 is 0 Å². The Balaban J connectivity index is 1.41. The summed E-state index contributed by atoms with van der Waals surface area (Å²) in [6.45, 7) is 4.12. The van der Waals surface area contributed by atoms with Crippen LogP contribution in [0.25, 0.3) is 17.1 Å². The van der Waals surface area contributed by atoms with Crippen molar-refractivity contribution >= 4 is 17.9 Å². The maximum atomic E-state index is 13.5. The van der Waals surface area contributed by atoms with E-state index in [2.05, 4.69) is 4.90 Å². The first kappa shape index (κ1) is 21.4. The molecule has 6 nitrogen and oxygen atoms in total. The predicted molar refractivity (Wildman–Crippen MR) is 129 cm³/mol. The number of para-hydroxylation sites is 3. The lowest BCUT2D eigenvalue weighted by atomic mass is 10.2. The van der Waals surface area contributed by atoms with Crippen LogP contribution < -0.4 is 9.80 Å². The van der Waals surface area contributed by atoms with Gasteiger partial charge >= 0.3 is 0 Å². The van der Waals surface area contributed by atoms with E-state index in [-0.39, 0.29) is 5.82 Å². The summed E-state index contributed by atoms with van der Waals surface area (Å²) in [5, 5.41) is 15.0. The molecule has 0 saturated carbocycles. The second kappa shape index (κ2) is 9.17. The molecule has 0 spiro atoms. The third-order valence-corrected chi connectivity index (χ3v) is 6.42. The Kier molecular flexibility index (Phi) is 5.93. The highest BCUT2D eigenvalue weighted by Gasteiger charge is 2.24. The van der Waals surface area contributed by atoms with Gasteiger partial charge in [-0.25, -0.2) is 4.39 Å². The van der Waals surface area contributed by atoms with Gasteiger partial charge in [-0.15, -0.1) is 5.10 Å². The van der Waals surface area contributed by atoms with Gasteiger partial charge in [-0.3, -0.25) is 4.57 Å². The lowest BCUT2D eigenvalue weighted by Gasteiger charge is -2.33. The maximum absolute atomic E-state index is 13.5. The zero-order chi connectivity index (χ0) is 22.8. The Labute approximate surface area is 196 Å². The Morgan fingerprint density at radius 3 is 2.27 bits per heavy atom. The van der Waals surface area contributed by atoms with Gasteiger partial charge in [-0.1, -0.05) is 30.3 Å². The molecule has 3 aromatic carbocycles. The molecule has 168 valence electrons. The third kappa shape index (κ3) is 4.40. The van der Waals surface area contributed by atoms with Crippen molar-refractivity contribution in [2.45, 2.75) is 6.67 Å². The van der Waals surface area contributed by atoms with E-state index in [1.54, 1.807) is 18.2 Å². The van der Waals surface area contributed by atoms with Crippen molar-refractivity contribution in [3.05, 3.63) is 89.5 Å². The molecular weight excluding hydrogens is 437 g/mol. The van der Waals surface area contributed by atoms with Crippen LogP contribution in [-0.4, -0.2) is 45.6 Å². The Morgan fingerprint density at radius 1 is 0.909 bits per heavy atom. The third-order valence-electron chi connectivity index (χ3n) is 6.02. The molecule has 1 aromatic heterocycles. The molecule has 1 fully saturated rings. The number of quaternary nitrogens is 1. The van der Waals surface area contributed by atoms with Crippen LogP contribution in [-0.2, 0) is 6.67 Å². The lowest BCUT2D eigenvalue weighted by Crippen LogP contribution is -3.14. The topological polar surface area (TPSA) is 50.7 Å². The molecule has 2 heterocycles. The van der Waals surface area contributed by atoms with Gasteiger partial charge in [-0.2, -0.15) is 4.68 Å². The summed E-state index contributed by atoms with van der Waals surface area (Å²) < 4.78 is 17.9. The zero-order valence-corrected chi connectivity index (χ0v) is 18.9. The summed E-state index contributed by atoms with van der Waals surface area (Å²) in [5.74, 6) is 0.724. The summed E-state index contributed by atoms with van der Waals surface area (Å²) in [6.07, 6.45) is 0. The van der Waals surface area contributed by atoms with Crippen molar-refractivity contribution in [3.63, 3.8) is 0 Å². The van der Waals surface area contributed by atoms with Crippen molar-refractivity contribution in [2.75, 3.05) is 31.1 Å². The smallest absolute Gasteiger partial charge is 0.207 e. The van der Waals surface area contributed by atoms with Crippen LogP contribution in [0.3, 0.4) is 0 Å². The summed E-state index contributed by atoms with van der Waals surface area (Å²) in [5.41, 5.74) is 2.61. The van der Waals surface area contributed by atoms with Gasteiger partial charge in [0.25, 0.3) is 0 Å². The molecular formula is C25H25FN5OS+. The van der Waals surface area contributed by atoms with Crippen LogP contribution in [0, 0.1) is 10.6 Å². The molecule has 1 aliphatic heterocycles. The number of aromatic nitrogens is 3. The molecule has 2 N–H and O–H groups in total. The molecule has 5 rings (SSSR count). The van der Waals surface area contributed by atoms with E-state index < -0.39 is 0 Å². The van der Waals surface area contributed by atoms with Crippen molar-refractivity contribution in [1.82, 2.24) is 14.3 Å². The lowest BCUT2D eigenvalue weighted by molar-refractivity contribution is -0.924. The molecule has 0 radical (unpaired) electrons. The number of hydrogen-bond acceptors (Lipinski definition) is 4. The average molecular weight is 463 g/mol. The second-order valence-corrected chi connectivity index (χ2v) is 8.53. The van der Waals surface area contributed by atoms with Crippen LogP contribution in [0.4, 0.5) is 10.1 Å². The fraction of sp³-hybridized carbons (Fsp3) is 0.200. The first-order valence-electron chi connectivity index (χ1n) is 11.0. The average Bonchev–Trinajstić information content (AvgIpc) is 3.17. The minimum Gasteiger partial charge on any atom is -0.506 e. The van der Waals surface area contributed by atoms with Crippen LogP contribution in [0.15, 0.2) is 78.9 Å². The summed E-state index contributed by atoms with van der Waals surface area (Å²) >= 11 is 5.84. The molecule has 33 heavy (non-hydrogen) atoms. The van der Waals surface area contributed by atoms with Crippen molar-refractivity contribution in [2.24, 2.45) is 0 Å². The molecule has 8 heteroatoms. The normalized spacial score (nSPS) is 14.5. The van der Waals surface area contributed by atoms with Gasteiger partial charge < -0.3 is 14.9 Å². The molecule has 4 aromatic rings. The van der Waals surface area contributed by atoms with Crippen LogP contribution in [0.2, 0.25) is 0 Å². The molecule has 0 atom stereocenters. The van der Waals surface area contributed by atoms with E-state index in [9.17, 15) is 9.50 Å². The Hall–Kier alpha value is -3.49. The monoisotopic (exact) mass is 462 g/mol. The maximum Gasteiger partial charge on any atom is 0.207 e. The summed E-state index contributed by atoms with van der Waals surface area (Å²) in [6, 6.07) is 23.7. The number of nitrogens with one attached hydrogen (secondary N) is 1. The zero-order valence-electron chi connectivity index (χ0n) is 18.1. The number of halogens is 1. The van der Waals surface area contributed by atoms with E-state index in [1.165, 1.54) is 17.0 Å². The number of rotatable bonds is 5. The number of hydrogen-bond donors (Lipinski definition) is 2. The minimum atomic E-state index is -0.283. The van der Waals surface area contributed by atoms with E-state index in [0.29, 0.717) is 23.0 Å². The van der Waals surface area contributed by atoms with Gasteiger partial charge in [0.15, 0.2) is 12.5 Å². The van der Waals surface area contributed by atoms with E-state index in [0.717, 1.165) is 43.1 Å². The van der Waals surface area contributed by atoms with Crippen molar-refractivity contribution in [3.8, 4) is 22.8 Å². The van der Waals surface area contributed by atoms with Crippen molar-refractivity contribution < 1.29 is 14.4 Å².